The van der Waals surface area contributed by atoms with E-state index in [2.05, 4.69) is 13.2 Å². The van der Waals surface area contributed by atoms with Gasteiger partial charge in [0.15, 0.2) is 0 Å². The first-order valence-electron chi connectivity index (χ1n) is 6.01. The molecule has 0 bridgehead atoms. The Morgan fingerprint density at radius 3 is 2.33 bits per heavy atom. The molecule has 6 nitrogen and oxygen atoms in total. The maximum absolute atomic E-state index is 12.6. The van der Waals surface area contributed by atoms with E-state index in [0.717, 1.165) is 10.4 Å². The molecule has 1 rings (SSSR count). The Morgan fingerprint density at radius 2 is 1.90 bits per heavy atom. The topological polar surface area (TPSA) is 83.9 Å². The molecule has 0 saturated carbocycles. The summed E-state index contributed by atoms with van der Waals surface area (Å²) in [5, 5.41) is 9.00. The smallest absolute Gasteiger partial charge is 0.335 e. The molecule has 0 amide bonds. The molecule has 0 spiro atoms. The van der Waals surface area contributed by atoms with Crippen LogP contribution in [0.4, 0.5) is 0 Å². The Balaban J connectivity index is 3.46. The number of carboxylic acids is 1. The number of hydrogen-bond acceptors (Lipinski definition) is 4. The third-order valence-electron chi connectivity index (χ3n) is 2.69. The fourth-order valence-electron chi connectivity index (χ4n) is 1.71. The van der Waals surface area contributed by atoms with Crippen LogP contribution in [0.15, 0.2) is 48.4 Å². The average Bonchev–Trinajstić information content (AvgIpc) is 2.46. The van der Waals surface area contributed by atoms with Gasteiger partial charge in [-0.15, -0.1) is 13.2 Å². The largest absolute Gasteiger partial charge is 0.495 e. The molecule has 114 valence electrons. The molecule has 0 fully saturated rings. The van der Waals surface area contributed by atoms with Gasteiger partial charge in [0.05, 0.1) is 12.7 Å². The van der Waals surface area contributed by atoms with Crippen LogP contribution in [0, 0.1) is 0 Å². The summed E-state index contributed by atoms with van der Waals surface area (Å²) >= 11 is 0. The van der Waals surface area contributed by atoms with Gasteiger partial charge in [-0.1, -0.05) is 12.2 Å². The molecule has 0 saturated heterocycles. The number of benzene rings is 1. The van der Waals surface area contributed by atoms with Gasteiger partial charge in [0.25, 0.3) is 0 Å². The van der Waals surface area contributed by atoms with Gasteiger partial charge in [-0.2, -0.15) is 4.31 Å². The third-order valence-corrected chi connectivity index (χ3v) is 4.55. The van der Waals surface area contributed by atoms with Crippen LogP contribution in [-0.4, -0.2) is 44.0 Å². The van der Waals surface area contributed by atoms with Crippen LogP contribution < -0.4 is 4.74 Å². The zero-order valence-corrected chi connectivity index (χ0v) is 12.5. The average molecular weight is 311 g/mol. The number of aromatic carboxylic acids is 1. The molecule has 0 aliphatic carbocycles. The highest BCUT2D eigenvalue weighted by Gasteiger charge is 2.27. The Labute approximate surface area is 124 Å². The van der Waals surface area contributed by atoms with E-state index < -0.39 is 16.0 Å². The molecule has 0 unspecified atom stereocenters. The van der Waals surface area contributed by atoms with Crippen molar-refractivity contribution in [3.8, 4) is 5.75 Å². The van der Waals surface area contributed by atoms with Crippen LogP contribution in [0.3, 0.4) is 0 Å². The molecule has 0 aliphatic rings. The summed E-state index contributed by atoms with van der Waals surface area (Å²) in [6, 6.07) is 3.68. The van der Waals surface area contributed by atoms with E-state index in [1.807, 2.05) is 0 Å². The highest BCUT2D eigenvalue weighted by atomic mass is 32.2. The van der Waals surface area contributed by atoms with Gasteiger partial charge in [-0.25, -0.2) is 13.2 Å². The minimum atomic E-state index is -3.92. The number of rotatable bonds is 8. The summed E-state index contributed by atoms with van der Waals surface area (Å²) < 4.78 is 31.4. The normalized spacial score (nSPS) is 11.1. The predicted octanol–water partition coefficient (Wildman–Crippen LogP) is 1.76. The predicted molar refractivity (Wildman–Crippen MR) is 79.1 cm³/mol. The lowest BCUT2D eigenvalue weighted by atomic mass is 10.2. The van der Waals surface area contributed by atoms with Gasteiger partial charge in [0.1, 0.15) is 10.6 Å². The van der Waals surface area contributed by atoms with Gasteiger partial charge in [-0.05, 0) is 18.2 Å². The molecular formula is C14H17NO5S. The van der Waals surface area contributed by atoms with Crippen molar-refractivity contribution in [1.82, 2.24) is 4.31 Å². The fourth-order valence-corrected chi connectivity index (χ4v) is 3.27. The number of ether oxygens (including phenoxy) is 1. The van der Waals surface area contributed by atoms with E-state index in [1.54, 1.807) is 0 Å². The van der Waals surface area contributed by atoms with Crippen LogP contribution in [0.5, 0.6) is 5.75 Å². The molecule has 0 aromatic heterocycles. The third kappa shape index (κ3) is 3.71. The first-order valence-corrected chi connectivity index (χ1v) is 7.45. The van der Waals surface area contributed by atoms with Gasteiger partial charge in [0.2, 0.25) is 10.0 Å². The number of carboxylic acid groups (broad SMARTS) is 1. The number of hydrogen-bond donors (Lipinski definition) is 1. The Hall–Kier alpha value is -2.12. The van der Waals surface area contributed by atoms with Crippen LogP contribution in [0.1, 0.15) is 10.4 Å². The molecule has 21 heavy (non-hydrogen) atoms. The van der Waals surface area contributed by atoms with Crippen molar-refractivity contribution in [3.05, 3.63) is 49.1 Å². The zero-order chi connectivity index (χ0) is 16.0. The van der Waals surface area contributed by atoms with Gasteiger partial charge >= 0.3 is 5.97 Å². The number of sulfonamides is 1. The SMILES string of the molecule is C=CCN(CC=C)S(=O)(=O)c1cc(C(=O)O)ccc1OC. The summed E-state index contributed by atoms with van der Waals surface area (Å²) in [5.41, 5.74) is -0.133. The van der Waals surface area contributed by atoms with Crippen molar-refractivity contribution >= 4 is 16.0 Å². The maximum atomic E-state index is 12.6. The van der Waals surface area contributed by atoms with Crippen molar-refractivity contribution in [2.24, 2.45) is 0 Å². The first-order chi connectivity index (χ1) is 9.88. The van der Waals surface area contributed by atoms with Crippen molar-refractivity contribution in [1.29, 1.82) is 0 Å². The maximum Gasteiger partial charge on any atom is 0.335 e. The van der Waals surface area contributed by atoms with Crippen molar-refractivity contribution in [3.63, 3.8) is 0 Å². The molecule has 1 aromatic rings. The monoisotopic (exact) mass is 311 g/mol. The molecule has 0 heterocycles. The highest BCUT2D eigenvalue weighted by molar-refractivity contribution is 7.89. The summed E-state index contributed by atoms with van der Waals surface area (Å²) in [5.74, 6) is -1.13. The van der Waals surface area contributed by atoms with E-state index in [0.29, 0.717) is 0 Å². The zero-order valence-electron chi connectivity index (χ0n) is 11.7. The number of methoxy groups -OCH3 is 1. The minimum absolute atomic E-state index is 0.0782. The van der Waals surface area contributed by atoms with E-state index in [1.165, 1.54) is 31.4 Å². The van der Waals surface area contributed by atoms with E-state index >= 15 is 0 Å². The van der Waals surface area contributed by atoms with Crippen LogP contribution in [0.25, 0.3) is 0 Å². The number of nitrogens with zero attached hydrogens (tertiary/aromatic N) is 1. The lowest BCUT2D eigenvalue weighted by Gasteiger charge is -2.20. The molecule has 7 heteroatoms. The molecule has 1 aromatic carbocycles. The molecular weight excluding hydrogens is 294 g/mol. The van der Waals surface area contributed by atoms with E-state index in [-0.39, 0.29) is 29.3 Å². The summed E-state index contributed by atoms with van der Waals surface area (Å²) in [6.45, 7) is 7.18. The van der Waals surface area contributed by atoms with E-state index in [4.69, 9.17) is 9.84 Å². The van der Waals surface area contributed by atoms with Crippen molar-refractivity contribution in [2.75, 3.05) is 20.2 Å². The highest BCUT2D eigenvalue weighted by Crippen LogP contribution is 2.28. The Kier molecular flexibility index (Phi) is 5.69. The molecule has 0 radical (unpaired) electrons. The number of carbonyl (C=O) groups is 1. The summed E-state index contributed by atoms with van der Waals surface area (Å²) in [7, 11) is -2.60. The lowest BCUT2D eigenvalue weighted by molar-refractivity contribution is 0.0696. The van der Waals surface area contributed by atoms with Gasteiger partial charge in [-0.3, -0.25) is 0 Å². The lowest BCUT2D eigenvalue weighted by Crippen LogP contribution is -2.31. The van der Waals surface area contributed by atoms with Gasteiger partial charge < -0.3 is 9.84 Å². The second-order valence-electron chi connectivity index (χ2n) is 4.07. The molecule has 0 aliphatic heterocycles. The summed E-state index contributed by atoms with van der Waals surface area (Å²) in [4.78, 5) is 10.8. The van der Waals surface area contributed by atoms with E-state index in [9.17, 15) is 13.2 Å². The van der Waals surface area contributed by atoms with Crippen LogP contribution in [-0.2, 0) is 10.0 Å². The Bertz CT molecular complexity index is 641. The summed E-state index contributed by atoms with van der Waals surface area (Å²) in [6.07, 6.45) is 2.88. The fraction of sp³-hybridized carbons (Fsp3) is 0.214. The van der Waals surface area contributed by atoms with Crippen molar-refractivity contribution < 1.29 is 23.1 Å². The first kappa shape index (κ1) is 16.9. The standard InChI is InChI=1S/C14H17NO5S/c1-4-8-15(9-5-2)21(18,19)13-10-11(14(16)17)6-7-12(13)20-3/h4-7,10H,1-2,8-9H2,3H3,(H,16,17). The molecule has 0 atom stereocenters. The van der Waals surface area contributed by atoms with Crippen molar-refractivity contribution in [2.45, 2.75) is 4.90 Å². The Morgan fingerprint density at radius 1 is 1.33 bits per heavy atom. The molecule has 1 N–H and O–H groups in total. The second-order valence-corrected chi connectivity index (χ2v) is 5.98. The van der Waals surface area contributed by atoms with Gasteiger partial charge in [0, 0.05) is 13.1 Å². The minimum Gasteiger partial charge on any atom is -0.495 e. The second kappa shape index (κ2) is 7.05. The van der Waals surface area contributed by atoms with Crippen LogP contribution in [0.2, 0.25) is 0 Å². The van der Waals surface area contributed by atoms with Crippen LogP contribution >= 0.6 is 0 Å². The quantitative estimate of drug-likeness (QED) is 0.740.